The molecule has 5 rings (SSSR count). The Kier molecular flexibility index (Phi) is 4.53. The Morgan fingerprint density at radius 2 is 1.70 bits per heavy atom. The highest BCUT2D eigenvalue weighted by atomic mass is 16.2. The van der Waals surface area contributed by atoms with Gasteiger partial charge in [0, 0.05) is 34.9 Å². The maximum absolute atomic E-state index is 13.1. The third-order valence-corrected chi connectivity index (χ3v) is 5.67. The average molecular weight is 403 g/mol. The molecule has 2 aliphatic carbocycles. The van der Waals surface area contributed by atoms with Gasteiger partial charge in [0.25, 0.3) is 5.91 Å². The molecule has 0 spiro atoms. The van der Waals surface area contributed by atoms with Crippen LogP contribution in [-0.4, -0.2) is 26.6 Å². The Bertz CT molecular complexity index is 1120. The van der Waals surface area contributed by atoms with Gasteiger partial charge in [0.2, 0.25) is 5.91 Å². The van der Waals surface area contributed by atoms with Gasteiger partial charge >= 0.3 is 0 Å². The fourth-order valence-electron chi connectivity index (χ4n) is 3.62. The first-order chi connectivity index (χ1) is 14.5. The van der Waals surface area contributed by atoms with Gasteiger partial charge in [-0.1, -0.05) is 0 Å². The van der Waals surface area contributed by atoms with Crippen LogP contribution in [0.3, 0.4) is 0 Å². The van der Waals surface area contributed by atoms with Crippen LogP contribution in [-0.2, 0) is 4.79 Å². The molecule has 2 aliphatic rings. The Balaban J connectivity index is 1.39. The lowest BCUT2D eigenvalue weighted by Crippen LogP contribution is -2.15. The van der Waals surface area contributed by atoms with E-state index >= 15 is 0 Å². The summed E-state index contributed by atoms with van der Waals surface area (Å²) in [5, 5.41) is 11.1. The van der Waals surface area contributed by atoms with Crippen molar-refractivity contribution in [1.29, 1.82) is 0 Å². The molecule has 2 fully saturated rings. The second kappa shape index (κ2) is 7.23. The van der Waals surface area contributed by atoms with Crippen LogP contribution in [0.2, 0.25) is 0 Å². The number of anilines is 2. The highest BCUT2D eigenvalue weighted by Crippen LogP contribution is 2.40. The Morgan fingerprint density at radius 1 is 1.03 bits per heavy atom. The molecule has 2 saturated carbocycles. The maximum atomic E-state index is 13.1. The largest absolute Gasteiger partial charge is 0.326 e. The Labute approximate surface area is 174 Å². The molecule has 0 atom stereocenters. The van der Waals surface area contributed by atoms with Crippen molar-refractivity contribution in [2.45, 2.75) is 51.5 Å². The lowest BCUT2D eigenvalue weighted by atomic mass is 10.1. The van der Waals surface area contributed by atoms with Gasteiger partial charge in [-0.3, -0.25) is 9.59 Å². The summed E-state index contributed by atoms with van der Waals surface area (Å²) in [5.41, 5.74) is 3.75. The van der Waals surface area contributed by atoms with E-state index in [-0.39, 0.29) is 23.8 Å². The highest BCUT2D eigenvalue weighted by molar-refractivity contribution is 6.12. The molecule has 30 heavy (non-hydrogen) atoms. The Hall–Kier alpha value is -3.22. The summed E-state index contributed by atoms with van der Waals surface area (Å²) in [6.07, 6.45) is 5.89. The molecule has 0 aliphatic heterocycles. The molecule has 3 aromatic rings. The number of carbonyl (C=O) groups is 2. The number of rotatable bonds is 6. The van der Waals surface area contributed by atoms with E-state index in [2.05, 4.69) is 29.6 Å². The van der Waals surface area contributed by atoms with E-state index in [4.69, 9.17) is 4.98 Å². The number of aromatic nitrogens is 3. The van der Waals surface area contributed by atoms with Gasteiger partial charge in [-0.25, -0.2) is 9.67 Å². The van der Waals surface area contributed by atoms with Crippen LogP contribution in [0.1, 0.15) is 67.5 Å². The SMILES string of the molecule is CC(C)n1ncc2c(C(=O)Nc3ccc(NC(=O)C4CC4)cc3)cc(C3CC3)nc21. The van der Waals surface area contributed by atoms with E-state index in [1.165, 1.54) is 0 Å². The highest BCUT2D eigenvalue weighted by Gasteiger charge is 2.30. The molecule has 0 saturated heterocycles. The van der Waals surface area contributed by atoms with Crippen molar-refractivity contribution in [3.8, 4) is 0 Å². The zero-order chi connectivity index (χ0) is 20.8. The second-order valence-corrected chi connectivity index (χ2v) is 8.58. The molecule has 7 heteroatoms. The van der Waals surface area contributed by atoms with Gasteiger partial charge in [0.05, 0.1) is 17.1 Å². The van der Waals surface area contributed by atoms with Crippen LogP contribution < -0.4 is 10.6 Å². The lowest BCUT2D eigenvalue weighted by molar-refractivity contribution is -0.117. The molecule has 2 amide bonds. The van der Waals surface area contributed by atoms with Crippen LogP contribution in [0.5, 0.6) is 0 Å². The zero-order valence-corrected chi connectivity index (χ0v) is 17.2. The number of nitrogens with zero attached hydrogens (tertiary/aromatic N) is 3. The van der Waals surface area contributed by atoms with Gasteiger partial charge < -0.3 is 10.6 Å². The first-order valence-corrected chi connectivity index (χ1v) is 10.6. The maximum Gasteiger partial charge on any atom is 0.256 e. The molecule has 2 N–H and O–H groups in total. The summed E-state index contributed by atoms with van der Waals surface area (Å²) in [4.78, 5) is 29.8. The fraction of sp³-hybridized carbons (Fsp3) is 0.391. The van der Waals surface area contributed by atoms with Crippen LogP contribution >= 0.6 is 0 Å². The van der Waals surface area contributed by atoms with E-state index in [1.807, 2.05) is 22.9 Å². The molecule has 154 valence electrons. The molecule has 2 heterocycles. The smallest absolute Gasteiger partial charge is 0.256 e. The number of pyridine rings is 1. The standard InChI is InChI=1S/C23H25N5O2/c1-13(2)28-21-19(12-24-28)18(11-20(27-21)14-3-4-14)23(30)26-17-9-7-16(8-10-17)25-22(29)15-5-6-15/h7-15H,3-6H2,1-2H3,(H,25,29)(H,26,30). The first-order valence-electron chi connectivity index (χ1n) is 10.6. The minimum absolute atomic E-state index is 0.0701. The third kappa shape index (κ3) is 3.67. The van der Waals surface area contributed by atoms with Crippen molar-refractivity contribution in [2.24, 2.45) is 5.92 Å². The molecular weight excluding hydrogens is 378 g/mol. The number of amides is 2. The lowest BCUT2D eigenvalue weighted by Gasteiger charge is -2.11. The number of hydrogen-bond donors (Lipinski definition) is 2. The quantitative estimate of drug-likeness (QED) is 0.635. The summed E-state index contributed by atoms with van der Waals surface area (Å²) in [7, 11) is 0. The van der Waals surface area contributed by atoms with Gasteiger partial charge in [0.15, 0.2) is 5.65 Å². The third-order valence-electron chi connectivity index (χ3n) is 5.67. The van der Waals surface area contributed by atoms with Gasteiger partial charge in [-0.05, 0) is 69.9 Å². The number of hydrogen-bond acceptors (Lipinski definition) is 4. The fourth-order valence-corrected chi connectivity index (χ4v) is 3.62. The summed E-state index contributed by atoms with van der Waals surface area (Å²) in [6.45, 7) is 4.11. The van der Waals surface area contributed by atoms with Crippen molar-refractivity contribution >= 4 is 34.2 Å². The van der Waals surface area contributed by atoms with Crippen molar-refractivity contribution in [3.63, 3.8) is 0 Å². The van der Waals surface area contributed by atoms with Crippen molar-refractivity contribution in [1.82, 2.24) is 14.8 Å². The molecule has 0 unspecified atom stereocenters. The summed E-state index contributed by atoms with van der Waals surface area (Å²) < 4.78 is 1.87. The molecule has 7 nitrogen and oxygen atoms in total. The predicted octanol–water partition coefficient (Wildman–Crippen LogP) is 4.49. The molecule has 0 radical (unpaired) electrons. The summed E-state index contributed by atoms with van der Waals surface area (Å²) in [5.74, 6) is 0.486. The van der Waals surface area contributed by atoms with Gasteiger partial charge in [0.1, 0.15) is 0 Å². The average Bonchev–Trinajstić information content (AvgIpc) is 3.64. The second-order valence-electron chi connectivity index (χ2n) is 8.58. The van der Waals surface area contributed by atoms with E-state index in [1.54, 1.807) is 18.3 Å². The summed E-state index contributed by atoms with van der Waals surface area (Å²) in [6, 6.07) is 9.30. The van der Waals surface area contributed by atoms with Crippen LogP contribution in [0.15, 0.2) is 36.5 Å². The first kappa shape index (κ1) is 18.8. The van der Waals surface area contributed by atoms with E-state index in [0.29, 0.717) is 17.2 Å². The molecule has 0 bridgehead atoms. The van der Waals surface area contributed by atoms with E-state index in [0.717, 1.165) is 48.1 Å². The Morgan fingerprint density at radius 3 is 2.30 bits per heavy atom. The van der Waals surface area contributed by atoms with Crippen LogP contribution in [0.4, 0.5) is 11.4 Å². The molecular formula is C23H25N5O2. The van der Waals surface area contributed by atoms with Crippen molar-refractivity contribution < 1.29 is 9.59 Å². The monoisotopic (exact) mass is 403 g/mol. The van der Waals surface area contributed by atoms with E-state index in [9.17, 15) is 9.59 Å². The predicted molar refractivity (Wildman–Crippen MR) is 116 cm³/mol. The number of carbonyl (C=O) groups excluding carboxylic acids is 2. The van der Waals surface area contributed by atoms with Crippen molar-refractivity contribution in [3.05, 3.63) is 47.8 Å². The zero-order valence-electron chi connectivity index (χ0n) is 17.2. The number of benzene rings is 1. The number of fused-ring (bicyclic) bond motifs is 1. The van der Waals surface area contributed by atoms with Gasteiger partial charge in [-0.2, -0.15) is 5.10 Å². The minimum atomic E-state index is -0.178. The number of nitrogens with one attached hydrogen (secondary N) is 2. The normalized spacial score (nSPS) is 16.1. The topological polar surface area (TPSA) is 88.9 Å². The van der Waals surface area contributed by atoms with E-state index < -0.39 is 0 Å². The van der Waals surface area contributed by atoms with Gasteiger partial charge in [-0.15, -0.1) is 0 Å². The van der Waals surface area contributed by atoms with Crippen LogP contribution in [0.25, 0.3) is 11.0 Å². The summed E-state index contributed by atoms with van der Waals surface area (Å²) >= 11 is 0. The van der Waals surface area contributed by atoms with Crippen LogP contribution in [0, 0.1) is 5.92 Å². The molecule has 2 aromatic heterocycles. The van der Waals surface area contributed by atoms with Crippen molar-refractivity contribution in [2.75, 3.05) is 10.6 Å². The molecule has 1 aromatic carbocycles. The minimum Gasteiger partial charge on any atom is -0.326 e.